The first-order chi connectivity index (χ1) is 19.9. The number of amides is 2. The van der Waals surface area contributed by atoms with Gasteiger partial charge in [0.05, 0.1) is 30.5 Å². The highest BCUT2D eigenvalue weighted by Crippen LogP contribution is 2.41. The lowest BCUT2D eigenvalue weighted by molar-refractivity contribution is 0.0642. The van der Waals surface area contributed by atoms with E-state index in [0.717, 1.165) is 37.4 Å². The van der Waals surface area contributed by atoms with Gasteiger partial charge in [-0.15, -0.1) is 0 Å². The number of carbonyl (C=O) groups excluding carboxylic acids is 2. The van der Waals surface area contributed by atoms with Gasteiger partial charge in [0.1, 0.15) is 5.75 Å². The maximum atomic E-state index is 13.8. The van der Waals surface area contributed by atoms with E-state index in [4.69, 9.17) is 9.16 Å². The summed E-state index contributed by atoms with van der Waals surface area (Å²) in [5, 5.41) is 0.0430. The fourth-order valence-electron chi connectivity index (χ4n) is 5.52. The van der Waals surface area contributed by atoms with Crippen LogP contribution in [-0.2, 0) is 6.54 Å². The van der Waals surface area contributed by atoms with Gasteiger partial charge in [0.25, 0.3) is 20.1 Å². The van der Waals surface area contributed by atoms with Crippen LogP contribution in [0.1, 0.15) is 65.6 Å². The summed E-state index contributed by atoms with van der Waals surface area (Å²) in [5.41, 5.74) is 3.95. The number of rotatable bonds is 8. The summed E-state index contributed by atoms with van der Waals surface area (Å²) >= 11 is 0. The summed E-state index contributed by atoms with van der Waals surface area (Å²) in [4.78, 5) is 33.3. The van der Waals surface area contributed by atoms with Gasteiger partial charge < -0.3 is 14.1 Å². The summed E-state index contributed by atoms with van der Waals surface area (Å²) in [6.07, 6.45) is 0. The van der Waals surface area contributed by atoms with E-state index in [0.29, 0.717) is 28.7 Å². The fraction of sp³-hybridized carbons (Fsp3) is 0.412. The molecule has 5 rings (SSSR count). The van der Waals surface area contributed by atoms with Gasteiger partial charge in [-0.1, -0.05) is 63.2 Å². The van der Waals surface area contributed by atoms with Crippen molar-refractivity contribution >= 4 is 25.8 Å². The Morgan fingerprint density at radius 2 is 1.55 bits per heavy atom. The van der Waals surface area contributed by atoms with Crippen molar-refractivity contribution in [1.29, 1.82) is 0 Å². The minimum absolute atomic E-state index is 0.0430. The minimum Gasteiger partial charge on any atom is -0.541 e. The van der Waals surface area contributed by atoms with E-state index in [1.165, 1.54) is 10.5 Å². The first-order valence-electron chi connectivity index (χ1n) is 14.8. The normalized spacial score (nSPS) is 16.9. The highest BCUT2D eigenvalue weighted by molar-refractivity contribution is 6.74. The van der Waals surface area contributed by atoms with Crippen molar-refractivity contribution in [1.82, 2.24) is 9.80 Å². The number of imide groups is 1. The smallest absolute Gasteiger partial charge is 0.263 e. The molecule has 0 aliphatic carbocycles. The summed E-state index contributed by atoms with van der Waals surface area (Å²) in [6.45, 7) is 16.7. The molecule has 0 bridgehead atoms. The number of hydrogen-bond acceptors (Lipinski definition) is 6. The second-order valence-corrected chi connectivity index (χ2v) is 17.6. The van der Waals surface area contributed by atoms with Crippen molar-refractivity contribution in [2.24, 2.45) is 0 Å². The number of hydrogen-bond donors (Lipinski definition) is 0. The van der Waals surface area contributed by atoms with Crippen LogP contribution < -0.4 is 14.1 Å². The van der Waals surface area contributed by atoms with Gasteiger partial charge in [-0.3, -0.25) is 19.4 Å². The number of benzene rings is 3. The zero-order valence-corrected chi connectivity index (χ0v) is 26.9. The Balaban J connectivity index is 1.31. The van der Waals surface area contributed by atoms with Crippen LogP contribution >= 0.6 is 0 Å². The number of carbonyl (C=O) groups is 2. The molecule has 1 saturated heterocycles. The van der Waals surface area contributed by atoms with Crippen molar-refractivity contribution in [2.75, 3.05) is 38.2 Å². The molecule has 1 fully saturated rings. The Morgan fingerprint density at radius 3 is 2.19 bits per heavy atom. The molecular weight excluding hydrogens is 542 g/mol. The van der Waals surface area contributed by atoms with E-state index >= 15 is 0 Å². The summed E-state index contributed by atoms with van der Waals surface area (Å²) in [7, 11) is -0.452. The predicted molar refractivity (Wildman–Crippen MR) is 170 cm³/mol. The van der Waals surface area contributed by atoms with Crippen molar-refractivity contribution < 1.29 is 18.8 Å². The molecule has 0 unspecified atom stereocenters. The second-order valence-electron chi connectivity index (χ2n) is 12.9. The molecule has 0 radical (unpaired) electrons. The fourth-order valence-corrected chi connectivity index (χ4v) is 6.55. The van der Waals surface area contributed by atoms with Crippen molar-refractivity contribution in [3.05, 3.63) is 89.0 Å². The van der Waals surface area contributed by atoms with Crippen LogP contribution in [0.2, 0.25) is 18.1 Å². The van der Waals surface area contributed by atoms with E-state index in [-0.39, 0.29) is 23.4 Å². The second kappa shape index (κ2) is 11.6. The average Bonchev–Trinajstić information content (AvgIpc) is 3.22. The molecule has 2 aliphatic rings. The Kier molecular flexibility index (Phi) is 8.23. The molecule has 3 aromatic carbocycles. The van der Waals surface area contributed by atoms with E-state index in [9.17, 15) is 9.59 Å². The first kappa shape index (κ1) is 29.9. The monoisotopic (exact) mass is 585 g/mol. The van der Waals surface area contributed by atoms with Crippen LogP contribution in [0.4, 0.5) is 5.69 Å². The molecule has 3 aromatic rings. The van der Waals surface area contributed by atoms with Gasteiger partial charge in [-0.05, 0) is 60.4 Å². The third-order valence-corrected chi connectivity index (χ3v) is 13.5. The topological polar surface area (TPSA) is 62.3 Å². The predicted octanol–water partition coefficient (Wildman–Crippen LogP) is 6.76. The van der Waals surface area contributed by atoms with Gasteiger partial charge in [-0.2, -0.15) is 0 Å². The van der Waals surface area contributed by atoms with Crippen molar-refractivity contribution in [3.8, 4) is 11.5 Å². The highest BCUT2D eigenvalue weighted by atomic mass is 28.4. The maximum absolute atomic E-state index is 13.8. The molecule has 8 heteroatoms. The Bertz CT molecular complexity index is 1460. The third-order valence-electron chi connectivity index (χ3n) is 9.20. The van der Waals surface area contributed by atoms with E-state index in [1.54, 1.807) is 13.2 Å². The molecule has 0 aromatic heterocycles. The van der Waals surface area contributed by atoms with Gasteiger partial charge in [0.2, 0.25) is 0 Å². The largest absolute Gasteiger partial charge is 0.541 e. The summed E-state index contributed by atoms with van der Waals surface area (Å²) in [5.74, 6) is 0.801. The molecule has 42 heavy (non-hydrogen) atoms. The van der Waals surface area contributed by atoms with Crippen LogP contribution in [0.15, 0.2) is 66.7 Å². The lowest BCUT2D eigenvalue weighted by Gasteiger charge is -2.39. The van der Waals surface area contributed by atoms with Gasteiger partial charge >= 0.3 is 0 Å². The molecule has 2 amide bonds. The summed E-state index contributed by atoms with van der Waals surface area (Å²) < 4.78 is 12.2. The van der Waals surface area contributed by atoms with Crippen LogP contribution in [0.3, 0.4) is 0 Å². The number of piperazine rings is 1. The molecule has 7 nitrogen and oxygen atoms in total. The first-order valence-corrected chi connectivity index (χ1v) is 17.7. The van der Waals surface area contributed by atoms with E-state index < -0.39 is 8.32 Å². The quantitative estimate of drug-likeness (QED) is 0.215. The molecular formula is C34H43N3O4Si. The standard InChI is InChI=1S/C34H43N3O4Si/c1-24(26-12-9-8-10-13-26)35-18-20-36(21-19-35)28-15-11-14-27-31(28)33(39)37(32(27)38)23-25-16-17-29(30(22-25)40-5)41-42(6,7)34(2,3)4/h8-17,22,24H,18-21,23H2,1-7H3/t24-/m1/s1. The number of anilines is 1. The molecule has 0 saturated carbocycles. The van der Waals surface area contributed by atoms with Crippen LogP contribution in [0.5, 0.6) is 11.5 Å². The lowest BCUT2D eigenvalue weighted by Crippen LogP contribution is -2.47. The van der Waals surface area contributed by atoms with Crippen molar-refractivity contribution in [3.63, 3.8) is 0 Å². The third kappa shape index (κ3) is 5.70. The minimum atomic E-state index is -2.07. The van der Waals surface area contributed by atoms with Gasteiger partial charge in [0, 0.05) is 32.2 Å². The van der Waals surface area contributed by atoms with E-state index in [2.05, 4.69) is 74.9 Å². The number of nitrogens with zero attached hydrogens (tertiary/aromatic N) is 3. The van der Waals surface area contributed by atoms with Crippen molar-refractivity contribution in [2.45, 2.75) is 58.4 Å². The molecule has 1 atom stereocenters. The Morgan fingerprint density at radius 1 is 0.857 bits per heavy atom. The number of methoxy groups -OCH3 is 1. The van der Waals surface area contributed by atoms with Gasteiger partial charge in [0.15, 0.2) is 5.75 Å². The maximum Gasteiger partial charge on any atom is 0.263 e. The molecule has 0 spiro atoms. The molecule has 0 N–H and O–H groups in total. The Hall–Kier alpha value is -3.62. The van der Waals surface area contributed by atoms with Gasteiger partial charge in [-0.25, -0.2) is 0 Å². The lowest BCUT2D eigenvalue weighted by atomic mass is 10.0. The SMILES string of the molecule is COc1cc(CN2C(=O)c3cccc(N4CCN([C@H](C)c5ccccc5)CC4)c3C2=O)ccc1O[Si](C)(C)C(C)(C)C. The molecule has 222 valence electrons. The Labute approximate surface area is 251 Å². The van der Waals surface area contributed by atoms with Crippen LogP contribution in [0, 0.1) is 0 Å². The number of fused-ring (bicyclic) bond motifs is 1. The van der Waals surface area contributed by atoms with Crippen LogP contribution in [0.25, 0.3) is 0 Å². The average molecular weight is 586 g/mol. The van der Waals surface area contributed by atoms with Crippen LogP contribution in [-0.4, -0.2) is 63.2 Å². The summed E-state index contributed by atoms with van der Waals surface area (Å²) in [6, 6.07) is 22.2. The highest BCUT2D eigenvalue weighted by Gasteiger charge is 2.41. The molecule has 2 heterocycles. The van der Waals surface area contributed by atoms with E-state index in [1.807, 2.05) is 36.4 Å². The zero-order chi connectivity index (χ0) is 30.2. The zero-order valence-electron chi connectivity index (χ0n) is 25.9. The number of ether oxygens (including phenoxy) is 1. The molecule has 2 aliphatic heterocycles.